The summed E-state index contributed by atoms with van der Waals surface area (Å²) in [5, 5.41) is 12.9. The Morgan fingerprint density at radius 1 is 1.16 bits per heavy atom. The Labute approximate surface area is 148 Å². The van der Waals surface area contributed by atoms with Crippen molar-refractivity contribution in [3.8, 4) is 0 Å². The third-order valence-corrected chi connectivity index (χ3v) is 5.46. The lowest BCUT2D eigenvalue weighted by Crippen LogP contribution is -2.41. The van der Waals surface area contributed by atoms with Crippen LogP contribution in [0.3, 0.4) is 0 Å². The molecule has 4 heterocycles. The van der Waals surface area contributed by atoms with Crippen molar-refractivity contribution in [2.24, 2.45) is 5.92 Å². The molecule has 7 nitrogen and oxygen atoms in total. The molecule has 4 rings (SSSR count). The maximum atomic E-state index is 12.6. The molecular formula is C18H26N6O. The van der Waals surface area contributed by atoms with Crippen LogP contribution in [-0.2, 0) is 4.79 Å². The van der Waals surface area contributed by atoms with Crippen LogP contribution in [0, 0.1) is 5.92 Å². The molecule has 0 N–H and O–H groups in total. The second-order valence-electron chi connectivity index (χ2n) is 7.50. The topological polar surface area (TPSA) is 66.6 Å². The van der Waals surface area contributed by atoms with Gasteiger partial charge in [-0.15, -0.1) is 10.2 Å². The van der Waals surface area contributed by atoms with Crippen LogP contribution < -0.4 is 4.90 Å². The minimum atomic E-state index is 0.176. The van der Waals surface area contributed by atoms with Gasteiger partial charge in [0, 0.05) is 32.1 Å². The van der Waals surface area contributed by atoms with Gasteiger partial charge in [-0.05, 0) is 37.7 Å². The molecule has 0 bridgehead atoms. The largest absolute Gasteiger partial charge is 0.368 e. The van der Waals surface area contributed by atoms with Crippen molar-refractivity contribution in [3.05, 3.63) is 18.1 Å². The van der Waals surface area contributed by atoms with Gasteiger partial charge in [0.15, 0.2) is 0 Å². The SMILES string of the molecule is CC(C)c1cc(N2CCC(C(=O)N3CCCC3)CC2)c2nncn2n1. The second kappa shape index (κ2) is 6.61. The summed E-state index contributed by atoms with van der Waals surface area (Å²) in [7, 11) is 0. The Bertz CT molecular complexity index is 756. The number of fused-ring (bicyclic) bond motifs is 1. The molecule has 7 heteroatoms. The molecule has 2 aliphatic rings. The van der Waals surface area contributed by atoms with E-state index in [0.29, 0.717) is 11.8 Å². The molecule has 134 valence electrons. The molecule has 2 aliphatic heterocycles. The van der Waals surface area contributed by atoms with Gasteiger partial charge in [-0.2, -0.15) is 9.61 Å². The molecule has 1 amide bonds. The monoisotopic (exact) mass is 342 g/mol. The van der Waals surface area contributed by atoms with Gasteiger partial charge >= 0.3 is 0 Å². The highest BCUT2D eigenvalue weighted by molar-refractivity contribution is 5.79. The Balaban J connectivity index is 1.51. The third-order valence-electron chi connectivity index (χ3n) is 5.46. The summed E-state index contributed by atoms with van der Waals surface area (Å²) in [5.41, 5.74) is 2.93. The van der Waals surface area contributed by atoms with Crippen LogP contribution in [0.5, 0.6) is 0 Å². The van der Waals surface area contributed by atoms with E-state index in [-0.39, 0.29) is 5.92 Å². The first-order valence-corrected chi connectivity index (χ1v) is 9.38. The van der Waals surface area contributed by atoms with Crippen LogP contribution in [0.1, 0.15) is 51.1 Å². The number of anilines is 1. The van der Waals surface area contributed by atoms with Crippen molar-refractivity contribution in [2.45, 2.75) is 45.4 Å². The fraction of sp³-hybridized carbons (Fsp3) is 0.667. The number of rotatable bonds is 3. The molecule has 25 heavy (non-hydrogen) atoms. The highest BCUT2D eigenvalue weighted by Gasteiger charge is 2.30. The van der Waals surface area contributed by atoms with Crippen LogP contribution in [0.2, 0.25) is 0 Å². The maximum Gasteiger partial charge on any atom is 0.225 e. The first-order chi connectivity index (χ1) is 12.1. The van der Waals surface area contributed by atoms with E-state index in [1.807, 2.05) is 0 Å². The van der Waals surface area contributed by atoms with E-state index in [9.17, 15) is 4.79 Å². The zero-order chi connectivity index (χ0) is 17.4. The molecule has 2 fully saturated rings. The predicted molar refractivity (Wildman–Crippen MR) is 95.6 cm³/mol. The molecule has 0 unspecified atom stereocenters. The molecule has 0 radical (unpaired) electrons. The molecule has 0 atom stereocenters. The smallest absolute Gasteiger partial charge is 0.225 e. The number of nitrogens with zero attached hydrogens (tertiary/aromatic N) is 6. The van der Waals surface area contributed by atoms with Crippen molar-refractivity contribution in [3.63, 3.8) is 0 Å². The van der Waals surface area contributed by atoms with Crippen molar-refractivity contribution >= 4 is 17.2 Å². The maximum absolute atomic E-state index is 12.6. The molecule has 0 aliphatic carbocycles. The highest BCUT2D eigenvalue weighted by atomic mass is 16.2. The zero-order valence-electron chi connectivity index (χ0n) is 15.1. The Kier molecular flexibility index (Phi) is 4.31. The normalized spacial score (nSPS) is 19.3. The number of hydrogen-bond acceptors (Lipinski definition) is 5. The van der Waals surface area contributed by atoms with E-state index in [1.54, 1.807) is 10.8 Å². The fourth-order valence-electron chi connectivity index (χ4n) is 3.91. The lowest BCUT2D eigenvalue weighted by molar-refractivity contribution is -0.135. The minimum Gasteiger partial charge on any atom is -0.368 e. The van der Waals surface area contributed by atoms with E-state index < -0.39 is 0 Å². The Morgan fingerprint density at radius 2 is 1.88 bits per heavy atom. The highest BCUT2D eigenvalue weighted by Crippen LogP contribution is 2.29. The molecule has 0 spiro atoms. The molecule has 0 aromatic carbocycles. The lowest BCUT2D eigenvalue weighted by atomic mass is 9.95. The van der Waals surface area contributed by atoms with Crippen molar-refractivity contribution < 1.29 is 4.79 Å². The van der Waals surface area contributed by atoms with Gasteiger partial charge in [-0.25, -0.2) is 0 Å². The Hall–Kier alpha value is -2.18. The average molecular weight is 342 g/mol. The standard InChI is InChI=1S/C18H26N6O/c1-13(2)15-11-16(17-20-19-12-24(17)21-15)22-9-5-14(6-10-22)18(25)23-7-3-4-8-23/h11-14H,3-10H2,1-2H3. The van der Waals surface area contributed by atoms with Crippen molar-refractivity contribution in [1.29, 1.82) is 0 Å². The number of likely N-dealkylation sites (tertiary alicyclic amines) is 1. The van der Waals surface area contributed by atoms with Gasteiger partial charge in [0.05, 0.1) is 11.4 Å². The van der Waals surface area contributed by atoms with Crippen LogP contribution in [0.15, 0.2) is 12.4 Å². The van der Waals surface area contributed by atoms with Crippen LogP contribution in [0.25, 0.3) is 5.65 Å². The number of hydrogen-bond donors (Lipinski definition) is 0. The second-order valence-corrected chi connectivity index (χ2v) is 7.50. The molecule has 2 aromatic heterocycles. The first kappa shape index (κ1) is 16.3. The number of aromatic nitrogens is 4. The van der Waals surface area contributed by atoms with Crippen LogP contribution in [-0.4, -0.2) is 56.8 Å². The van der Waals surface area contributed by atoms with E-state index in [2.05, 4.69) is 45.0 Å². The van der Waals surface area contributed by atoms with E-state index in [1.165, 1.54) is 0 Å². The quantitative estimate of drug-likeness (QED) is 0.854. The lowest BCUT2D eigenvalue weighted by Gasteiger charge is -2.34. The fourth-order valence-corrected chi connectivity index (χ4v) is 3.91. The molecule has 0 saturated carbocycles. The van der Waals surface area contributed by atoms with Crippen molar-refractivity contribution in [1.82, 2.24) is 24.7 Å². The summed E-state index contributed by atoms with van der Waals surface area (Å²) in [6, 6.07) is 2.14. The number of carbonyl (C=O) groups excluding carboxylic acids is 1. The number of carbonyl (C=O) groups is 1. The van der Waals surface area contributed by atoms with E-state index >= 15 is 0 Å². The van der Waals surface area contributed by atoms with Gasteiger partial charge in [-0.3, -0.25) is 4.79 Å². The zero-order valence-corrected chi connectivity index (χ0v) is 15.1. The van der Waals surface area contributed by atoms with E-state index in [4.69, 9.17) is 0 Å². The molecule has 2 saturated heterocycles. The summed E-state index contributed by atoms with van der Waals surface area (Å²) in [6.07, 6.45) is 5.80. The minimum absolute atomic E-state index is 0.176. The Morgan fingerprint density at radius 3 is 2.56 bits per heavy atom. The third kappa shape index (κ3) is 3.07. The van der Waals surface area contributed by atoms with Gasteiger partial charge < -0.3 is 9.80 Å². The summed E-state index contributed by atoms with van der Waals surface area (Å²) < 4.78 is 1.77. The summed E-state index contributed by atoms with van der Waals surface area (Å²) in [5.74, 6) is 0.886. The van der Waals surface area contributed by atoms with Crippen LogP contribution in [0.4, 0.5) is 5.69 Å². The molecular weight excluding hydrogens is 316 g/mol. The first-order valence-electron chi connectivity index (χ1n) is 9.38. The summed E-state index contributed by atoms with van der Waals surface area (Å²) in [4.78, 5) is 17.0. The average Bonchev–Trinajstić information content (AvgIpc) is 3.31. The van der Waals surface area contributed by atoms with Crippen molar-refractivity contribution in [2.75, 3.05) is 31.1 Å². The van der Waals surface area contributed by atoms with Gasteiger partial charge in [0.2, 0.25) is 11.6 Å². The molecule has 2 aromatic rings. The number of piperidine rings is 1. The summed E-state index contributed by atoms with van der Waals surface area (Å²) in [6.45, 7) is 7.94. The predicted octanol–water partition coefficient (Wildman–Crippen LogP) is 2.09. The van der Waals surface area contributed by atoms with Crippen LogP contribution >= 0.6 is 0 Å². The van der Waals surface area contributed by atoms with Gasteiger partial charge in [-0.1, -0.05) is 13.8 Å². The summed E-state index contributed by atoms with van der Waals surface area (Å²) >= 11 is 0. The van der Waals surface area contributed by atoms with E-state index in [0.717, 1.165) is 68.9 Å². The number of amides is 1. The van der Waals surface area contributed by atoms with Gasteiger partial charge in [0.1, 0.15) is 6.33 Å². The van der Waals surface area contributed by atoms with Gasteiger partial charge in [0.25, 0.3) is 0 Å².